The Balaban J connectivity index is 1.37. The Morgan fingerprint density at radius 3 is 1.24 bits per heavy atom. The first-order valence-corrected chi connectivity index (χ1v) is 21.1. The maximum atomic E-state index is 13.3. The monoisotopic (exact) mass is 798 g/mol. The fourth-order valence-corrected chi connectivity index (χ4v) is 6.06. The predicted octanol–water partition coefficient (Wildman–Crippen LogP) is 10.7. The van der Waals surface area contributed by atoms with E-state index in [0.717, 1.165) is 93.7 Å². The minimum Gasteiger partial charge on any atom is -0.442 e. The van der Waals surface area contributed by atoms with Crippen LogP contribution in [0, 0.1) is 11.3 Å². The fourth-order valence-electron chi connectivity index (χ4n) is 6.06. The third-order valence-electron chi connectivity index (χ3n) is 9.25. The summed E-state index contributed by atoms with van der Waals surface area (Å²) in [6, 6.07) is 31.5. The largest absolute Gasteiger partial charge is 0.442 e. The van der Waals surface area contributed by atoms with Gasteiger partial charge in [0, 0.05) is 32.4 Å². The lowest BCUT2D eigenvalue weighted by atomic mass is 10.1. The molecule has 0 N–H and O–H groups in total. The molecule has 11 nitrogen and oxygen atoms in total. The average Bonchev–Trinajstić information content (AvgIpc) is 3.22. The molecule has 3 aromatic carbocycles. The van der Waals surface area contributed by atoms with Gasteiger partial charge in [-0.1, -0.05) is 130 Å². The number of hydrogen-bond acceptors (Lipinski definition) is 8. The SMILES string of the molecule is CC(C)(C)OC(=O)N(CCCCCCCC(=O)N(CCCCCCCC(=O)N(CCCCC#N)OCc1ccccc1)OCc1ccccc1)OCc1ccccc1. The maximum absolute atomic E-state index is 13.3. The number of rotatable bonds is 29. The molecule has 0 atom stereocenters. The normalized spacial score (nSPS) is 11.1. The van der Waals surface area contributed by atoms with Gasteiger partial charge in [-0.3, -0.25) is 24.1 Å². The lowest BCUT2D eigenvalue weighted by molar-refractivity contribution is -0.192. The summed E-state index contributed by atoms with van der Waals surface area (Å²) in [5, 5.41) is 13.2. The van der Waals surface area contributed by atoms with Crippen LogP contribution in [0.15, 0.2) is 91.0 Å². The Morgan fingerprint density at radius 1 is 0.500 bits per heavy atom. The molecule has 58 heavy (non-hydrogen) atoms. The van der Waals surface area contributed by atoms with Gasteiger partial charge in [0.05, 0.1) is 12.6 Å². The Kier molecular flexibility index (Phi) is 23.5. The highest BCUT2D eigenvalue weighted by atomic mass is 16.7. The van der Waals surface area contributed by atoms with Crippen molar-refractivity contribution in [2.75, 3.05) is 19.6 Å². The second-order valence-corrected chi connectivity index (χ2v) is 15.5. The van der Waals surface area contributed by atoms with Crippen LogP contribution in [0.5, 0.6) is 0 Å². The molecule has 0 spiro atoms. The van der Waals surface area contributed by atoms with Crippen molar-refractivity contribution < 1.29 is 33.6 Å². The standard InChI is InChI=1S/C47H66N4O7/c1-47(2,3)58-46(54)51(57-40-43-30-18-12-19-31-43)37-24-9-5-7-21-32-44(52)49(55-38-41-26-14-10-15-27-41)35-23-8-4-6-20-33-45(53)50(36-25-13-22-34-48)56-39-42-28-16-11-17-29-42/h10-12,14-19,26-31H,4-9,13,20-25,32-33,35-40H2,1-3H3. The van der Waals surface area contributed by atoms with Crippen molar-refractivity contribution >= 4 is 17.9 Å². The number of hydrogen-bond donors (Lipinski definition) is 0. The highest BCUT2D eigenvalue weighted by molar-refractivity contribution is 5.75. The number of carbonyl (C=O) groups excluding carboxylic acids is 3. The van der Waals surface area contributed by atoms with Crippen LogP contribution in [-0.2, 0) is 48.7 Å². The van der Waals surface area contributed by atoms with E-state index >= 15 is 0 Å². The Hall–Kier alpha value is -4.76. The predicted molar refractivity (Wildman–Crippen MR) is 225 cm³/mol. The minimum absolute atomic E-state index is 0.0164. The molecule has 0 aliphatic heterocycles. The van der Waals surface area contributed by atoms with Crippen LogP contribution in [0.3, 0.4) is 0 Å². The Bertz CT molecular complexity index is 1600. The maximum Gasteiger partial charge on any atom is 0.434 e. The van der Waals surface area contributed by atoms with Crippen molar-refractivity contribution in [3.8, 4) is 6.07 Å². The molecule has 0 unspecified atom stereocenters. The van der Waals surface area contributed by atoms with Crippen LogP contribution in [0.25, 0.3) is 0 Å². The van der Waals surface area contributed by atoms with Crippen LogP contribution in [0.4, 0.5) is 4.79 Å². The van der Waals surface area contributed by atoms with Crippen molar-refractivity contribution in [1.29, 1.82) is 5.26 Å². The van der Waals surface area contributed by atoms with E-state index in [1.54, 1.807) is 0 Å². The van der Waals surface area contributed by atoms with Gasteiger partial charge >= 0.3 is 6.09 Å². The van der Waals surface area contributed by atoms with Crippen LogP contribution in [-0.4, -0.2) is 58.3 Å². The van der Waals surface area contributed by atoms with E-state index in [1.807, 2.05) is 112 Å². The zero-order chi connectivity index (χ0) is 41.7. The zero-order valence-corrected chi connectivity index (χ0v) is 35.2. The summed E-state index contributed by atoms with van der Waals surface area (Å²) >= 11 is 0. The second kappa shape index (κ2) is 28.6. The van der Waals surface area contributed by atoms with Crippen molar-refractivity contribution in [3.05, 3.63) is 108 Å². The number of benzene rings is 3. The number of hydroxylamine groups is 6. The van der Waals surface area contributed by atoms with Gasteiger partial charge in [0.2, 0.25) is 11.8 Å². The van der Waals surface area contributed by atoms with E-state index in [4.69, 9.17) is 24.5 Å². The quantitative estimate of drug-likeness (QED) is 0.0503. The number of amides is 3. The molecule has 0 heterocycles. The molecule has 0 saturated heterocycles. The van der Waals surface area contributed by atoms with Gasteiger partial charge in [-0.15, -0.1) is 0 Å². The van der Waals surface area contributed by atoms with Gasteiger partial charge in [0.1, 0.15) is 25.4 Å². The molecule has 316 valence electrons. The first kappa shape index (κ1) is 47.6. The zero-order valence-electron chi connectivity index (χ0n) is 35.2. The van der Waals surface area contributed by atoms with Crippen LogP contribution < -0.4 is 0 Å². The molecule has 0 saturated carbocycles. The molecule has 11 heteroatoms. The summed E-state index contributed by atoms with van der Waals surface area (Å²) in [6.07, 6.45) is 10.8. The van der Waals surface area contributed by atoms with E-state index < -0.39 is 11.7 Å². The molecule has 0 bridgehead atoms. The van der Waals surface area contributed by atoms with Crippen molar-refractivity contribution in [2.24, 2.45) is 0 Å². The second-order valence-electron chi connectivity index (χ2n) is 15.5. The van der Waals surface area contributed by atoms with Crippen LogP contribution in [0.2, 0.25) is 0 Å². The first-order chi connectivity index (χ1) is 28.1. The molecule has 3 amide bonds. The third-order valence-corrected chi connectivity index (χ3v) is 9.25. The summed E-state index contributed by atoms with van der Waals surface area (Å²) < 4.78 is 5.57. The van der Waals surface area contributed by atoms with Gasteiger partial charge in [-0.2, -0.15) is 10.3 Å². The topological polar surface area (TPSA) is 122 Å². The smallest absolute Gasteiger partial charge is 0.434 e. The van der Waals surface area contributed by atoms with Gasteiger partial charge in [0.25, 0.3) is 0 Å². The molecule has 0 radical (unpaired) electrons. The molecule has 0 aliphatic rings. The summed E-state index contributed by atoms with van der Waals surface area (Å²) in [6.45, 7) is 7.85. The number of nitrogens with zero attached hydrogens (tertiary/aromatic N) is 4. The summed E-state index contributed by atoms with van der Waals surface area (Å²) in [5.41, 5.74) is 2.35. The Morgan fingerprint density at radius 2 is 0.845 bits per heavy atom. The van der Waals surface area contributed by atoms with E-state index in [0.29, 0.717) is 52.1 Å². The Labute approximate surface area is 347 Å². The van der Waals surface area contributed by atoms with E-state index in [-0.39, 0.29) is 18.4 Å². The minimum atomic E-state index is -0.624. The highest BCUT2D eigenvalue weighted by Crippen LogP contribution is 2.16. The van der Waals surface area contributed by atoms with E-state index in [9.17, 15) is 14.4 Å². The van der Waals surface area contributed by atoms with Crippen molar-refractivity contribution in [1.82, 2.24) is 15.2 Å². The van der Waals surface area contributed by atoms with Gasteiger partial charge in [-0.25, -0.2) is 14.9 Å². The molecule has 0 aliphatic carbocycles. The van der Waals surface area contributed by atoms with Gasteiger partial charge in [-0.05, 0) is 76.0 Å². The average molecular weight is 799 g/mol. The van der Waals surface area contributed by atoms with Crippen LogP contribution in [0.1, 0.15) is 134 Å². The summed E-state index contributed by atoms with van der Waals surface area (Å²) in [5.74, 6) is -0.0492. The fraction of sp³-hybridized carbons (Fsp3) is 0.532. The summed E-state index contributed by atoms with van der Waals surface area (Å²) in [7, 11) is 0. The van der Waals surface area contributed by atoms with E-state index in [1.165, 1.54) is 15.2 Å². The molecule has 0 fully saturated rings. The number of nitriles is 1. The molecule has 0 aromatic heterocycles. The number of carbonyl (C=O) groups is 3. The third kappa shape index (κ3) is 21.7. The molecule has 3 rings (SSSR count). The first-order valence-electron chi connectivity index (χ1n) is 21.1. The van der Waals surface area contributed by atoms with Gasteiger partial charge < -0.3 is 4.74 Å². The van der Waals surface area contributed by atoms with Gasteiger partial charge in [0.15, 0.2) is 0 Å². The lowest BCUT2D eigenvalue weighted by Gasteiger charge is -2.26. The molecule has 3 aromatic rings. The molecular weight excluding hydrogens is 733 g/mol. The van der Waals surface area contributed by atoms with Crippen LogP contribution >= 0.6 is 0 Å². The number of unbranched alkanes of at least 4 members (excludes halogenated alkanes) is 10. The van der Waals surface area contributed by atoms with Crippen molar-refractivity contribution in [2.45, 2.75) is 143 Å². The molecular formula is C47H66N4O7. The van der Waals surface area contributed by atoms with E-state index in [2.05, 4.69) is 6.07 Å². The van der Waals surface area contributed by atoms with Crippen molar-refractivity contribution in [3.63, 3.8) is 0 Å². The summed E-state index contributed by atoms with van der Waals surface area (Å²) in [4.78, 5) is 57.0. The number of ether oxygens (including phenoxy) is 1. The lowest BCUT2D eigenvalue weighted by Crippen LogP contribution is -2.37. The highest BCUT2D eigenvalue weighted by Gasteiger charge is 2.23.